The fourth-order valence-electron chi connectivity index (χ4n) is 2.32. The Bertz CT molecular complexity index is 471. The third-order valence-corrected chi connectivity index (χ3v) is 4.43. The third kappa shape index (κ3) is 3.53. The van der Waals surface area contributed by atoms with E-state index in [4.69, 9.17) is 9.52 Å². The van der Waals surface area contributed by atoms with Crippen LogP contribution in [0, 0.1) is 0 Å². The Kier molecular flexibility index (Phi) is 4.52. The second-order valence-electron chi connectivity index (χ2n) is 4.66. The largest absolute Gasteiger partial charge is 0.475 e. The second-order valence-corrected chi connectivity index (χ2v) is 5.80. The number of rotatable bonds is 4. The molecule has 1 aromatic rings. The van der Waals surface area contributed by atoms with Crippen LogP contribution in [-0.2, 0) is 0 Å². The normalized spacial score (nSPS) is 23.0. The molecule has 0 aromatic carbocycles. The number of thioether (sulfide) groups is 1. The summed E-state index contributed by atoms with van der Waals surface area (Å²) in [4.78, 5) is 22.6. The van der Waals surface area contributed by atoms with Crippen molar-refractivity contribution in [2.75, 3.05) is 6.26 Å². The molecule has 0 aliphatic heterocycles. The summed E-state index contributed by atoms with van der Waals surface area (Å²) in [6.07, 6.45) is 6.31. The molecule has 5 nitrogen and oxygen atoms in total. The van der Waals surface area contributed by atoms with Crippen molar-refractivity contribution < 1.29 is 19.1 Å². The molecule has 0 radical (unpaired) electrons. The summed E-state index contributed by atoms with van der Waals surface area (Å²) < 4.78 is 4.98. The summed E-state index contributed by atoms with van der Waals surface area (Å²) in [6, 6.07) is 2.84. The van der Waals surface area contributed by atoms with Gasteiger partial charge in [-0.15, -0.1) is 0 Å². The first-order chi connectivity index (χ1) is 9.10. The van der Waals surface area contributed by atoms with Gasteiger partial charge in [0.25, 0.3) is 5.91 Å². The van der Waals surface area contributed by atoms with Crippen LogP contribution in [0.3, 0.4) is 0 Å². The Morgan fingerprint density at radius 1 is 1.37 bits per heavy atom. The lowest BCUT2D eigenvalue weighted by Gasteiger charge is -2.28. The van der Waals surface area contributed by atoms with Crippen LogP contribution in [0.25, 0.3) is 0 Å². The number of carboxylic acid groups (broad SMARTS) is 1. The van der Waals surface area contributed by atoms with Gasteiger partial charge in [0.05, 0.1) is 0 Å². The maximum Gasteiger partial charge on any atom is 0.371 e. The number of hydrogen-bond acceptors (Lipinski definition) is 4. The zero-order valence-corrected chi connectivity index (χ0v) is 11.5. The Morgan fingerprint density at radius 2 is 2.11 bits per heavy atom. The number of nitrogens with one attached hydrogen (secondary N) is 1. The SMILES string of the molecule is CS[C@@H]1CCC[C@H](NC(=O)c2ccc(C(=O)O)o2)C1. The predicted octanol–water partition coefficient (Wildman–Crippen LogP) is 2.38. The molecule has 1 aromatic heterocycles. The molecule has 2 N–H and O–H groups in total. The van der Waals surface area contributed by atoms with E-state index in [-0.39, 0.29) is 23.5 Å². The number of amides is 1. The molecule has 1 amide bonds. The Hall–Kier alpha value is -1.43. The van der Waals surface area contributed by atoms with Crippen LogP contribution < -0.4 is 5.32 Å². The van der Waals surface area contributed by atoms with Crippen molar-refractivity contribution in [2.24, 2.45) is 0 Å². The van der Waals surface area contributed by atoms with Crippen LogP contribution in [-0.4, -0.2) is 34.5 Å². The van der Waals surface area contributed by atoms with E-state index < -0.39 is 5.97 Å². The molecular weight excluding hydrogens is 266 g/mol. The maximum absolute atomic E-state index is 11.9. The summed E-state index contributed by atoms with van der Waals surface area (Å²) in [6.45, 7) is 0. The van der Waals surface area contributed by atoms with Gasteiger partial charge in [0, 0.05) is 11.3 Å². The second kappa shape index (κ2) is 6.14. The van der Waals surface area contributed by atoms with Gasteiger partial charge in [-0.1, -0.05) is 6.42 Å². The Morgan fingerprint density at radius 3 is 2.74 bits per heavy atom. The van der Waals surface area contributed by atoms with Gasteiger partial charge in [-0.25, -0.2) is 4.79 Å². The van der Waals surface area contributed by atoms with Crippen molar-refractivity contribution in [3.8, 4) is 0 Å². The molecule has 2 atom stereocenters. The van der Waals surface area contributed by atoms with Crippen molar-refractivity contribution in [1.82, 2.24) is 5.32 Å². The molecule has 0 spiro atoms. The fraction of sp³-hybridized carbons (Fsp3) is 0.538. The number of carboxylic acids is 1. The van der Waals surface area contributed by atoms with E-state index in [1.807, 2.05) is 11.8 Å². The average Bonchev–Trinajstić information content (AvgIpc) is 2.89. The number of carbonyl (C=O) groups excluding carboxylic acids is 1. The first-order valence-corrected chi connectivity index (χ1v) is 7.55. The minimum absolute atomic E-state index is 0.0590. The van der Waals surface area contributed by atoms with E-state index in [0.717, 1.165) is 19.3 Å². The van der Waals surface area contributed by atoms with Crippen LogP contribution in [0.2, 0.25) is 0 Å². The summed E-state index contributed by atoms with van der Waals surface area (Å²) >= 11 is 1.83. The number of furan rings is 1. The van der Waals surface area contributed by atoms with Crippen LogP contribution in [0.5, 0.6) is 0 Å². The Balaban J connectivity index is 1.94. The number of hydrogen-bond donors (Lipinski definition) is 2. The molecule has 1 saturated carbocycles. The van der Waals surface area contributed by atoms with Gasteiger partial charge in [-0.3, -0.25) is 4.79 Å². The lowest BCUT2D eigenvalue weighted by Crippen LogP contribution is -2.38. The molecule has 1 aliphatic rings. The third-order valence-electron chi connectivity index (χ3n) is 3.34. The highest BCUT2D eigenvalue weighted by atomic mass is 32.2. The average molecular weight is 283 g/mol. The highest BCUT2D eigenvalue weighted by molar-refractivity contribution is 7.99. The van der Waals surface area contributed by atoms with Gasteiger partial charge in [-0.2, -0.15) is 11.8 Å². The van der Waals surface area contributed by atoms with Crippen molar-refractivity contribution in [1.29, 1.82) is 0 Å². The molecular formula is C13H17NO4S. The van der Waals surface area contributed by atoms with Gasteiger partial charge >= 0.3 is 5.97 Å². The molecule has 2 rings (SSSR count). The van der Waals surface area contributed by atoms with Gasteiger partial charge < -0.3 is 14.8 Å². The predicted molar refractivity (Wildman–Crippen MR) is 72.7 cm³/mol. The highest BCUT2D eigenvalue weighted by Gasteiger charge is 2.24. The van der Waals surface area contributed by atoms with E-state index in [2.05, 4.69) is 11.6 Å². The minimum Gasteiger partial charge on any atom is -0.475 e. The van der Waals surface area contributed by atoms with E-state index in [1.165, 1.54) is 18.6 Å². The van der Waals surface area contributed by atoms with Crippen LogP contribution in [0.4, 0.5) is 0 Å². The van der Waals surface area contributed by atoms with Crippen molar-refractivity contribution >= 4 is 23.6 Å². The number of carbonyl (C=O) groups is 2. The molecule has 1 heterocycles. The summed E-state index contributed by atoms with van der Waals surface area (Å²) in [5, 5.41) is 12.2. The van der Waals surface area contributed by atoms with Crippen molar-refractivity contribution in [3.63, 3.8) is 0 Å². The van der Waals surface area contributed by atoms with Gasteiger partial charge in [0.15, 0.2) is 5.76 Å². The molecule has 0 saturated heterocycles. The smallest absolute Gasteiger partial charge is 0.371 e. The molecule has 0 bridgehead atoms. The molecule has 6 heteroatoms. The van der Waals surface area contributed by atoms with Crippen LogP contribution in [0.15, 0.2) is 16.5 Å². The zero-order valence-electron chi connectivity index (χ0n) is 10.7. The highest BCUT2D eigenvalue weighted by Crippen LogP contribution is 2.27. The topological polar surface area (TPSA) is 79.5 Å². The molecule has 1 aliphatic carbocycles. The molecule has 19 heavy (non-hydrogen) atoms. The molecule has 1 fully saturated rings. The Labute approximate surface area is 115 Å². The van der Waals surface area contributed by atoms with Crippen LogP contribution >= 0.6 is 11.8 Å². The first-order valence-electron chi connectivity index (χ1n) is 6.27. The van der Waals surface area contributed by atoms with E-state index in [0.29, 0.717) is 5.25 Å². The summed E-state index contributed by atoms with van der Waals surface area (Å²) in [7, 11) is 0. The fourth-order valence-corrected chi connectivity index (χ4v) is 3.15. The standard InChI is InChI=1S/C13H17NO4S/c1-19-9-4-2-3-8(7-9)14-12(15)10-5-6-11(18-10)13(16)17/h5-6,8-9H,2-4,7H2,1H3,(H,14,15)(H,16,17)/t8-,9+/m0/s1. The van der Waals surface area contributed by atoms with Gasteiger partial charge in [-0.05, 0) is 37.7 Å². The quantitative estimate of drug-likeness (QED) is 0.887. The van der Waals surface area contributed by atoms with Gasteiger partial charge in [0.2, 0.25) is 5.76 Å². The van der Waals surface area contributed by atoms with Crippen molar-refractivity contribution in [3.05, 3.63) is 23.7 Å². The van der Waals surface area contributed by atoms with Crippen molar-refractivity contribution in [2.45, 2.75) is 37.0 Å². The first kappa shape index (κ1) is 14.0. The lowest BCUT2D eigenvalue weighted by molar-refractivity contribution is 0.0659. The minimum atomic E-state index is -1.17. The van der Waals surface area contributed by atoms with Crippen LogP contribution in [0.1, 0.15) is 46.8 Å². The van der Waals surface area contributed by atoms with E-state index >= 15 is 0 Å². The monoisotopic (exact) mass is 283 g/mol. The summed E-state index contributed by atoms with van der Waals surface area (Å²) in [5.74, 6) is -1.65. The lowest BCUT2D eigenvalue weighted by atomic mass is 9.95. The maximum atomic E-state index is 11.9. The van der Waals surface area contributed by atoms with E-state index in [1.54, 1.807) is 0 Å². The molecule has 0 unspecified atom stereocenters. The summed E-state index contributed by atoms with van der Waals surface area (Å²) in [5.41, 5.74) is 0. The number of aromatic carboxylic acids is 1. The molecule has 104 valence electrons. The van der Waals surface area contributed by atoms with Gasteiger partial charge in [0.1, 0.15) is 0 Å². The van der Waals surface area contributed by atoms with E-state index in [9.17, 15) is 9.59 Å². The zero-order chi connectivity index (χ0) is 13.8.